The number of hydrogen-bond donors (Lipinski definition) is 1. The molecule has 0 spiro atoms. The Hall–Kier alpha value is -4.28. The molecule has 1 fully saturated rings. The Labute approximate surface area is 235 Å². The van der Waals surface area contributed by atoms with Gasteiger partial charge in [-0.15, -0.1) is 0 Å². The molecule has 0 unspecified atom stereocenters. The smallest absolute Gasteiger partial charge is 0.320 e. The molecule has 40 heavy (non-hydrogen) atoms. The van der Waals surface area contributed by atoms with Crippen molar-refractivity contribution in [1.82, 2.24) is 15.2 Å². The molecule has 7 heteroatoms. The van der Waals surface area contributed by atoms with Gasteiger partial charge in [-0.2, -0.15) is 5.26 Å². The maximum absolute atomic E-state index is 13.3. The van der Waals surface area contributed by atoms with Gasteiger partial charge < -0.3 is 10.1 Å². The van der Waals surface area contributed by atoms with Gasteiger partial charge in [0, 0.05) is 18.7 Å². The third kappa shape index (κ3) is 6.13. The van der Waals surface area contributed by atoms with E-state index in [-0.39, 0.29) is 24.0 Å². The van der Waals surface area contributed by atoms with Crippen LogP contribution >= 0.6 is 0 Å². The van der Waals surface area contributed by atoms with Crippen molar-refractivity contribution >= 4 is 18.0 Å². The summed E-state index contributed by atoms with van der Waals surface area (Å²) in [5, 5.41) is 13.1. The molecule has 1 aliphatic heterocycles. The van der Waals surface area contributed by atoms with E-state index < -0.39 is 5.54 Å². The lowest BCUT2D eigenvalue weighted by Crippen LogP contribution is -2.44. The van der Waals surface area contributed by atoms with Gasteiger partial charge in [-0.05, 0) is 67.2 Å². The second kappa shape index (κ2) is 12.3. The summed E-state index contributed by atoms with van der Waals surface area (Å²) in [7, 11) is 0. The zero-order chi connectivity index (χ0) is 28.0. The molecular formula is C33H34N4O3. The lowest BCUT2D eigenvalue weighted by molar-refractivity contribution is -0.144. The van der Waals surface area contributed by atoms with Crippen LogP contribution < -0.4 is 5.32 Å². The number of fused-ring (bicyclic) bond motifs is 1. The van der Waals surface area contributed by atoms with Crippen LogP contribution in [-0.4, -0.2) is 41.5 Å². The number of esters is 1. The van der Waals surface area contributed by atoms with Gasteiger partial charge in [0.05, 0.1) is 30.1 Å². The fourth-order valence-electron chi connectivity index (χ4n) is 5.79. The number of ether oxygens (including phenoxy) is 1. The number of benzene rings is 2. The van der Waals surface area contributed by atoms with Crippen LogP contribution in [0.1, 0.15) is 55.0 Å². The van der Waals surface area contributed by atoms with Crippen LogP contribution in [0.15, 0.2) is 72.3 Å². The van der Waals surface area contributed by atoms with Gasteiger partial charge >= 0.3 is 5.97 Å². The number of amides is 1. The Bertz CT molecular complexity index is 1450. The zero-order valence-electron chi connectivity index (χ0n) is 22.9. The fraction of sp³-hybridized carbons (Fsp3) is 0.333. The highest BCUT2D eigenvalue weighted by Crippen LogP contribution is 2.39. The van der Waals surface area contributed by atoms with Crippen molar-refractivity contribution in [3.05, 3.63) is 94.7 Å². The Balaban J connectivity index is 1.34. The first kappa shape index (κ1) is 27.3. The summed E-state index contributed by atoms with van der Waals surface area (Å²) in [5.74, 6) is -0.584. The maximum Gasteiger partial charge on any atom is 0.320 e. The van der Waals surface area contributed by atoms with Crippen LogP contribution in [0.5, 0.6) is 0 Å². The SMILES string of the molecule is CCOC(=O)CN1CCc2ccc(-c3cccc(/C=C(\C#N)C(=O)NC4(c5ccccc5)CCCC4)n3)cc2C1. The van der Waals surface area contributed by atoms with E-state index >= 15 is 0 Å². The first-order valence-corrected chi connectivity index (χ1v) is 14.0. The second-order valence-corrected chi connectivity index (χ2v) is 10.5. The molecule has 3 aromatic rings. The van der Waals surface area contributed by atoms with E-state index in [1.54, 1.807) is 12.1 Å². The minimum absolute atomic E-state index is 0.0342. The maximum atomic E-state index is 13.3. The molecule has 1 amide bonds. The second-order valence-electron chi connectivity index (χ2n) is 10.5. The first-order chi connectivity index (χ1) is 19.5. The third-order valence-corrected chi connectivity index (χ3v) is 7.82. The summed E-state index contributed by atoms with van der Waals surface area (Å²) in [4.78, 5) is 32.1. The molecule has 7 nitrogen and oxygen atoms in total. The minimum Gasteiger partial charge on any atom is -0.465 e. The van der Waals surface area contributed by atoms with E-state index in [0.29, 0.717) is 18.8 Å². The van der Waals surface area contributed by atoms with Crippen molar-refractivity contribution in [2.75, 3.05) is 19.7 Å². The highest BCUT2D eigenvalue weighted by atomic mass is 16.5. The standard InChI is InChI=1S/C33H34N4O3/c1-2-40-31(38)23-37-18-15-24-13-14-25(19-27(24)22-37)30-12-8-11-29(35-30)20-26(21-34)32(39)36-33(16-6-7-17-33)28-9-4-3-5-10-28/h3-5,8-14,19-20H,2,6-7,15-18,22-23H2,1H3,(H,36,39)/b26-20+. The molecule has 0 bridgehead atoms. The Morgan fingerprint density at radius 3 is 2.62 bits per heavy atom. The predicted molar refractivity (Wildman–Crippen MR) is 154 cm³/mol. The Morgan fingerprint density at radius 2 is 1.88 bits per heavy atom. The molecule has 0 atom stereocenters. The number of nitrogens with one attached hydrogen (secondary N) is 1. The zero-order valence-corrected chi connectivity index (χ0v) is 22.9. The number of pyridine rings is 1. The largest absolute Gasteiger partial charge is 0.465 e. The molecule has 1 aliphatic carbocycles. The number of nitriles is 1. The van der Waals surface area contributed by atoms with Crippen molar-refractivity contribution in [2.24, 2.45) is 0 Å². The van der Waals surface area contributed by atoms with Gasteiger partial charge in [-0.1, -0.05) is 61.4 Å². The minimum atomic E-state index is -0.451. The van der Waals surface area contributed by atoms with Crippen molar-refractivity contribution in [1.29, 1.82) is 5.26 Å². The molecule has 204 valence electrons. The summed E-state index contributed by atoms with van der Waals surface area (Å²) in [6, 6.07) is 24.0. The molecule has 0 radical (unpaired) electrons. The summed E-state index contributed by atoms with van der Waals surface area (Å²) in [6.07, 6.45) is 6.20. The summed E-state index contributed by atoms with van der Waals surface area (Å²) < 4.78 is 5.11. The Kier molecular flexibility index (Phi) is 8.37. The summed E-state index contributed by atoms with van der Waals surface area (Å²) in [6.45, 7) is 3.96. The third-order valence-electron chi connectivity index (χ3n) is 7.82. The Morgan fingerprint density at radius 1 is 1.07 bits per heavy atom. The average molecular weight is 535 g/mol. The fourth-order valence-corrected chi connectivity index (χ4v) is 5.79. The van der Waals surface area contributed by atoms with Crippen molar-refractivity contribution in [3.63, 3.8) is 0 Å². The molecule has 1 N–H and O–H groups in total. The van der Waals surface area contributed by atoms with Crippen LogP contribution in [-0.2, 0) is 32.8 Å². The van der Waals surface area contributed by atoms with Gasteiger partial charge in [0.25, 0.3) is 5.91 Å². The number of hydrogen-bond acceptors (Lipinski definition) is 6. The lowest BCUT2D eigenvalue weighted by atomic mass is 9.88. The van der Waals surface area contributed by atoms with Gasteiger partial charge in [0.1, 0.15) is 11.6 Å². The van der Waals surface area contributed by atoms with Gasteiger partial charge in [-0.3, -0.25) is 14.5 Å². The highest BCUT2D eigenvalue weighted by molar-refractivity contribution is 6.02. The van der Waals surface area contributed by atoms with E-state index in [1.165, 1.54) is 5.56 Å². The summed E-state index contributed by atoms with van der Waals surface area (Å²) in [5.41, 5.74) is 5.34. The molecule has 2 heterocycles. The number of nitrogens with zero attached hydrogens (tertiary/aromatic N) is 3. The molecular weight excluding hydrogens is 500 g/mol. The summed E-state index contributed by atoms with van der Waals surface area (Å²) >= 11 is 0. The van der Waals surface area contributed by atoms with Crippen LogP contribution in [0.4, 0.5) is 0 Å². The monoisotopic (exact) mass is 534 g/mol. The lowest BCUT2D eigenvalue weighted by Gasteiger charge is -2.31. The molecule has 2 aromatic carbocycles. The van der Waals surface area contributed by atoms with E-state index in [9.17, 15) is 14.9 Å². The predicted octanol–water partition coefficient (Wildman–Crippen LogP) is 5.16. The number of aromatic nitrogens is 1. The molecule has 1 saturated carbocycles. The van der Waals surface area contributed by atoms with Crippen LogP contribution in [0.3, 0.4) is 0 Å². The van der Waals surface area contributed by atoms with Gasteiger partial charge in [0.15, 0.2) is 0 Å². The number of carbonyl (C=O) groups is 2. The van der Waals surface area contributed by atoms with Gasteiger partial charge in [0.2, 0.25) is 0 Å². The van der Waals surface area contributed by atoms with E-state index in [2.05, 4.69) is 34.5 Å². The molecule has 0 saturated heterocycles. The quantitative estimate of drug-likeness (QED) is 0.244. The number of carbonyl (C=O) groups excluding carboxylic acids is 2. The topological polar surface area (TPSA) is 95.3 Å². The highest BCUT2D eigenvalue weighted by Gasteiger charge is 2.37. The molecule has 2 aliphatic rings. The van der Waals surface area contributed by atoms with Crippen molar-refractivity contribution in [2.45, 2.75) is 51.1 Å². The van der Waals surface area contributed by atoms with Crippen LogP contribution in [0.25, 0.3) is 17.3 Å². The van der Waals surface area contributed by atoms with E-state index in [4.69, 9.17) is 9.72 Å². The van der Waals surface area contributed by atoms with Gasteiger partial charge in [-0.25, -0.2) is 4.98 Å². The van der Waals surface area contributed by atoms with E-state index in [1.807, 2.05) is 49.4 Å². The van der Waals surface area contributed by atoms with E-state index in [0.717, 1.165) is 61.0 Å². The van der Waals surface area contributed by atoms with Crippen LogP contribution in [0, 0.1) is 11.3 Å². The normalized spacial score (nSPS) is 16.6. The number of rotatable bonds is 8. The molecule has 1 aromatic heterocycles. The average Bonchev–Trinajstić information content (AvgIpc) is 3.46. The van der Waals surface area contributed by atoms with Crippen molar-refractivity contribution in [3.8, 4) is 17.3 Å². The molecule has 5 rings (SSSR count). The first-order valence-electron chi connectivity index (χ1n) is 14.0. The van der Waals surface area contributed by atoms with Crippen molar-refractivity contribution < 1.29 is 14.3 Å². The van der Waals surface area contributed by atoms with Crippen LogP contribution in [0.2, 0.25) is 0 Å².